The Balaban J connectivity index is 1.48. The Morgan fingerprint density at radius 1 is 1.13 bits per heavy atom. The fourth-order valence-corrected chi connectivity index (χ4v) is 4.83. The largest absolute Gasteiger partial charge is 0.493 e. The average molecular weight is 555 g/mol. The molecule has 10 heteroatoms. The van der Waals surface area contributed by atoms with Crippen molar-refractivity contribution in [1.82, 2.24) is 9.80 Å². The maximum Gasteiger partial charge on any atom is 0.430 e. The third kappa shape index (κ3) is 6.80. The lowest BCUT2D eigenvalue weighted by molar-refractivity contribution is -0.262. The number of hydrogen-bond acceptors (Lipinski definition) is 4. The van der Waals surface area contributed by atoms with Gasteiger partial charge in [-0.25, -0.2) is 0 Å². The van der Waals surface area contributed by atoms with E-state index in [1.54, 1.807) is 32.3 Å². The first-order valence-electron chi connectivity index (χ1n) is 12.6. The number of alkyl halides is 3. The van der Waals surface area contributed by atoms with Crippen LogP contribution in [0.3, 0.4) is 0 Å². The smallest absolute Gasteiger partial charge is 0.430 e. The SMILES string of the molecule is C[C@H](CCC1CCN(C(=O)[C@](O)(c2ccccc2)C(F)(F)F)CC1)COc1ccc(C(=O)N(C)C)c(Cl)c1. The molecule has 0 aromatic heterocycles. The monoisotopic (exact) mass is 554 g/mol. The Labute approximate surface area is 226 Å². The molecule has 0 saturated carbocycles. The number of hydrogen-bond donors (Lipinski definition) is 1. The minimum Gasteiger partial charge on any atom is -0.493 e. The molecule has 2 aromatic rings. The van der Waals surface area contributed by atoms with Gasteiger partial charge >= 0.3 is 6.18 Å². The molecular weight excluding hydrogens is 521 g/mol. The number of rotatable bonds is 9. The first-order valence-corrected chi connectivity index (χ1v) is 13.0. The lowest BCUT2D eigenvalue weighted by atomic mass is 9.87. The van der Waals surface area contributed by atoms with Crippen LogP contribution in [0, 0.1) is 11.8 Å². The predicted octanol–water partition coefficient (Wildman–Crippen LogP) is 5.53. The van der Waals surface area contributed by atoms with E-state index in [1.165, 1.54) is 23.1 Å². The molecule has 1 saturated heterocycles. The maximum absolute atomic E-state index is 13.9. The van der Waals surface area contributed by atoms with Gasteiger partial charge in [0.1, 0.15) is 5.75 Å². The summed E-state index contributed by atoms with van der Waals surface area (Å²) in [4.78, 5) is 27.6. The van der Waals surface area contributed by atoms with Crippen LogP contribution in [0.5, 0.6) is 5.75 Å². The number of piperidine rings is 1. The van der Waals surface area contributed by atoms with Gasteiger partial charge in [0.15, 0.2) is 0 Å². The van der Waals surface area contributed by atoms with Crippen LogP contribution >= 0.6 is 11.6 Å². The van der Waals surface area contributed by atoms with E-state index in [1.807, 2.05) is 6.92 Å². The molecule has 1 heterocycles. The molecule has 0 radical (unpaired) electrons. The van der Waals surface area contributed by atoms with E-state index in [0.717, 1.165) is 29.9 Å². The summed E-state index contributed by atoms with van der Waals surface area (Å²) >= 11 is 6.23. The molecule has 0 unspecified atom stereocenters. The highest BCUT2D eigenvalue weighted by atomic mass is 35.5. The zero-order chi connectivity index (χ0) is 28.1. The molecule has 3 rings (SSSR count). The molecular formula is C28H34ClF3N2O4. The van der Waals surface area contributed by atoms with E-state index in [-0.39, 0.29) is 30.8 Å². The van der Waals surface area contributed by atoms with Crippen LogP contribution in [-0.2, 0) is 10.4 Å². The van der Waals surface area contributed by atoms with Crippen molar-refractivity contribution in [3.05, 3.63) is 64.7 Å². The highest BCUT2D eigenvalue weighted by molar-refractivity contribution is 6.34. The molecule has 1 aliphatic heterocycles. The second-order valence-corrected chi connectivity index (χ2v) is 10.6. The van der Waals surface area contributed by atoms with Crippen LogP contribution < -0.4 is 4.74 Å². The predicted molar refractivity (Wildman–Crippen MR) is 139 cm³/mol. The Morgan fingerprint density at radius 2 is 1.76 bits per heavy atom. The normalized spacial score (nSPS) is 17.0. The van der Waals surface area contributed by atoms with Gasteiger partial charge in [0, 0.05) is 32.7 Å². The van der Waals surface area contributed by atoms with Crippen molar-refractivity contribution in [3.63, 3.8) is 0 Å². The third-order valence-electron chi connectivity index (χ3n) is 6.99. The lowest BCUT2D eigenvalue weighted by Crippen LogP contribution is -2.57. The summed E-state index contributed by atoms with van der Waals surface area (Å²) in [6, 6.07) is 11.5. The minimum absolute atomic E-state index is 0.163. The highest BCUT2D eigenvalue weighted by Crippen LogP contribution is 2.41. The van der Waals surface area contributed by atoms with Gasteiger partial charge in [-0.2, -0.15) is 13.2 Å². The van der Waals surface area contributed by atoms with Crippen LogP contribution in [0.1, 0.15) is 48.5 Å². The van der Waals surface area contributed by atoms with Crippen LogP contribution in [0.4, 0.5) is 13.2 Å². The molecule has 2 aromatic carbocycles. The molecule has 2 amide bonds. The van der Waals surface area contributed by atoms with E-state index in [9.17, 15) is 27.9 Å². The lowest BCUT2D eigenvalue weighted by Gasteiger charge is -2.38. The number of nitrogens with zero attached hydrogens (tertiary/aromatic N) is 2. The van der Waals surface area contributed by atoms with Gasteiger partial charge in [0.25, 0.3) is 17.4 Å². The van der Waals surface area contributed by atoms with Crippen molar-refractivity contribution < 1.29 is 32.6 Å². The van der Waals surface area contributed by atoms with Crippen LogP contribution in [0.2, 0.25) is 5.02 Å². The Kier molecular flexibility index (Phi) is 9.70. The van der Waals surface area contributed by atoms with Crippen molar-refractivity contribution in [1.29, 1.82) is 0 Å². The first kappa shape index (κ1) is 29.8. The van der Waals surface area contributed by atoms with Crippen LogP contribution in [-0.4, -0.2) is 66.7 Å². The van der Waals surface area contributed by atoms with Crippen molar-refractivity contribution in [2.45, 2.75) is 44.4 Å². The fraction of sp³-hybridized carbons (Fsp3) is 0.500. The van der Waals surface area contributed by atoms with Gasteiger partial charge in [-0.1, -0.05) is 48.9 Å². The first-order chi connectivity index (χ1) is 17.8. The molecule has 6 nitrogen and oxygen atoms in total. The van der Waals surface area contributed by atoms with E-state index in [4.69, 9.17) is 16.3 Å². The van der Waals surface area contributed by atoms with Crippen LogP contribution in [0.15, 0.2) is 48.5 Å². The standard InChI is InChI=1S/C28H34ClF3N2O4/c1-19(18-38-22-11-12-23(24(29)17-22)25(35)33(2)3)9-10-20-13-15-34(16-14-20)26(36)27(37,28(30,31)32)21-7-5-4-6-8-21/h4-8,11-12,17,19-20,37H,9-10,13-16,18H2,1-3H3/t19-,27-/m1/s1. The highest BCUT2D eigenvalue weighted by Gasteiger charge is 2.62. The van der Waals surface area contributed by atoms with E-state index < -0.39 is 23.2 Å². The molecule has 1 fully saturated rings. The summed E-state index contributed by atoms with van der Waals surface area (Å²) in [5.74, 6) is -0.466. The summed E-state index contributed by atoms with van der Waals surface area (Å²) in [5, 5.41) is 10.9. The average Bonchev–Trinajstić information content (AvgIpc) is 2.89. The maximum atomic E-state index is 13.9. The summed E-state index contributed by atoms with van der Waals surface area (Å²) in [5.41, 5.74) is -3.64. The molecule has 1 aliphatic rings. The van der Waals surface area contributed by atoms with Gasteiger partial charge in [0.2, 0.25) is 0 Å². The number of carbonyl (C=O) groups is 2. The van der Waals surface area contributed by atoms with E-state index >= 15 is 0 Å². The molecule has 0 aliphatic carbocycles. The van der Waals surface area contributed by atoms with E-state index in [0.29, 0.717) is 35.8 Å². The topological polar surface area (TPSA) is 70.1 Å². The summed E-state index contributed by atoms with van der Waals surface area (Å²) < 4.78 is 47.4. The number of carbonyl (C=O) groups excluding carboxylic acids is 2. The van der Waals surface area contributed by atoms with Gasteiger partial charge in [-0.15, -0.1) is 0 Å². The number of amides is 2. The summed E-state index contributed by atoms with van der Waals surface area (Å²) in [6.07, 6.45) is -2.30. The fourth-order valence-electron chi connectivity index (χ4n) is 4.58. The van der Waals surface area contributed by atoms with Gasteiger partial charge in [-0.3, -0.25) is 9.59 Å². The van der Waals surface area contributed by atoms with Gasteiger partial charge in [-0.05, 0) is 55.7 Å². The molecule has 208 valence electrons. The number of likely N-dealkylation sites (tertiary alicyclic amines) is 1. The Hall–Kier alpha value is -2.78. The molecule has 38 heavy (non-hydrogen) atoms. The Morgan fingerprint density at radius 3 is 2.32 bits per heavy atom. The molecule has 0 spiro atoms. The zero-order valence-electron chi connectivity index (χ0n) is 21.8. The Bertz CT molecular complexity index is 1110. The van der Waals surface area contributed by atoms with Gasteiger partial charge in [0.05, 0.1) is 17.2 Å². The van der Waals surface area contributed by atoms with Crippen molar-refractivity contribution in [2.24, 2.45) is 11.8 Å². The summed E-state index contributed by atoms with van der Waals surface area (Å²) in [6.45, 7) is 2.82. The quantitative estimate of drug-likeness (QED) is 0.443. The number of halogens is 4. The summed E-state index contributed by atoms with van der Waals surface area (Å²) in [7, 11) is 3.30. The number of aliphatic hydroxyl groups is 1. The molecule has 0 bridgehead atoms. The van der Waals surface area contributed by atoms with E-state index in [2.05, 4.69) is 0 Å². The molecule has 1 N–H and O–H groups in total. The number of ether oxygens (including phenoxy) is 1. The number of benzene rings is 2. The molecule has 2 atom stereocenters. The zero-order valence-corrected chi connectivity index (χ0v) is 22.6. The second-order valence-electron chi connectivity index (χ2n) is 10.1. The third-order valence-corrected chi connectivity index (χ3v) is 7.31. The van der Waals surface area contributed by atoms with Crippen molar-refractivity contribution in [3.8, 4) is 5.75 Å². The van der Waals surface area contributed by atoms with Crippen molar-refractivity contribution in [2.75, 3.05) is 33.8 Å². The van der Waals surface area contributed by atoms with Crippen LogP contribution in [0.25, 0.3) is 0 Å². The van der Waals surface area contributed by atoms with Gasteiger partial charge < -0.3 is 19.6 Å². The van der Waals surface area contributed by atoms with Crippen molar-refractivity contribution >= 4 is 23.4 Å². The minimum atomic E-state index is -5.13. The second kappa shape index (κ2) is 12.4.